The van der Waals surface area contributed by atoms with Crippen molar-refractivity contribution in [3.8, 4) is 17.0 Å². The molecule has 1 amide bonds. The van der Waals surface area contributed by atoms with Gasteiger partial charge in [0.15, 0.2) is 0 Å². The highest BCUT2D eigenvalue weighted by Gasteiger charge is 2.47. The van der Waals surface area contributed by atoms with E-state index in [9.17, 15) is 18.7 Å². The smallest absolute Gasteiger partial charge is 0.290 e. The van der Waals surface area contributed by atoms with Gasteiger partial charge in [-0.05, 0) is 19.4 Å². The molecule has 8 nitrogen and oxygen atoms in total. The van der Waals surface area contributed by atoms with Crippen molar-refractivity contribution in [2.45, 2.75) is 43.4 Å². The van der Waals surface area contributed by atoms with Gasteiger partial charge in [-0.25, -0.2) is 9.97 Å². The summed E-state index contributed by atoms with van der Waals surface area (Å²) in [6.45, 7) is 2.68. The summed E-state index contributed by atoms with van der Waals surface area (Å²) in [6.07, 6.45) is -0.658. The van der Waals surface area contributed by atoms with Gasteiger partial charge in [-0.15, -0.1) is 0 Å². The largest absolute Gasteiger partial charge is 0.490 e. The third-order valence-corrected chi connectivity index (χ3v) is 6.92. The number of ether oxygens (including phenoxy) is 2. The molecule has 3 aliphatic heterocycles. The Bertz CT molecular complexity index is 1140. The Labute approximate surface area is 182 Å². The van der Waals surface area contributed by atoms with Gasteiger partial charge in [-0.2, -0.15) is 8.78 Å². The summed E-state index contributed by atoms with van der Waals surface area (Å²) in [5.41, 5.74) is 1.36. The van der Waals surface area contributed by atoms with Crippen LogP contribution in [-0.2, 0) is 27.4 Å². The summed E-state index contributed by atoms with van der Waals surface area (Å²) in [5, 5.41) is 12.8. The maximum Gasteiger partial charge on any atom is 0.290 e. The molecule has 168 valence electrons. The first-order valence-corrected chi connectivity index (χ1v) is 10.7. The number of hydrogen-bond donors (Lipinski definition) is 2. The van der Waals surface area contributed by atoms with E-state index in [0.717, 1.165) is 5.56 Å². The van der Waals surface area contributed by atoms with Gasteiger partial charge in [0.2, 0.25) is 11.9 Å². The monoisotopic (exact) mass is 444 g/mol. The zero-order valence-corrected chi connectivity index (χ0v) is 17.4. The molecule has 1 unspecified atom stereocenters. The number of carbonyl (C=O) groups is 1. The second-order valence-electron chi connectivity index (χ2n) is 8.99. The number of carbonyl (C=O) groups excluding carboxylic acids is 1. The Morgan fingerprint density at radius 1 is 1.28 bits per heavy atom. The van der Waals surface area contributed by atoms with E-state index in [-0.39, 0.29) is 49.6 Å². The summed E-state index contributed by atoms with van der Waals surface area (Å²) >= 11 is 0. The van der Waals surface area contributed by atoms with Gasteiger partial charge in [-0.3, -0.25) is 4.79 Å². The number of anilines is 1. The maximum absolute atomic E-state index is 14.6. The van der Waals surface area contributed by atoms with Crippen LogP contribution in [-0.4, -0.2) is 59.5 Å². The lowest BCUT2D eigenvalue weighted by molar-refractivity contribution is -0.136. The van der Waals surface area contributed by atoms with Crippen molar-refractivity contribution in [3.05, 3.63) is 35.0 Å². The molecule has 0 bridgehead atoms. The van der Waals surface area contributed by atoms with Crippen molar-refractivity contribution >= 4 is 11.9 Å². The molecule has 0 saturated carbocycles. The molecular weight excluding hydrogens is 422 g/mol. The van der Waals surface area contributed by atoms with Crippen LogP contribution < -0.4 is 15.0 Å². The molecule has 1 aromatic heterocycles. The number of β-amino-alcohol motifs (C(OH)–C–C–N with tert-alkyl or cyclic N) is 1. The normalized spacial score (nSPS) is 29.9. The molecule has 4 heterocycles. The van der Waals surface area contributed by atoms with Gasteiger partial charge >= 0.3 is 0 Å². The van der Waals surface area contributed by atoms with Crippen molar-refractivity contribution in [3.63, 3.8) is 0 Å². The van der Waals surface area contributed by atoms with E-state index in [0.29, 0.717) is 35.7 Å². The Morgan fingerprint density at radius 3 is 2.88 bits per heavy atom. The molecule has 2 saturated heterocycles. The fourth-order valence-corrected chi connectivity index (χ4v) is 4.98. The lowest BCUT2D eigenvalue weighted by Gasteiger charge is -2.43. The van der Waals surface area contributed by atoms with Crippen LogP contribution in [0.25, 0.3) is 11.3 Å². The number of nitrogens with zero attached hydrogens (tertiary/aromatic N) is 3. The van der Waals surface area contributed by atoms with Gasteiger partial charge in [0.25, 0.3) is 5.92 Å². The van der Waals surface area contributed by atoms with E-state index < -0.39 is 17.6 Å². The van der Waals surface area contributed by atoms with Gasteiger partial charge in [0.1, 0.15) is 30.2 Å². The van der Waals surface area contributed by atoms with Crippen LogP contribution in [0, 0.1) is 0 Å². The summed E-state index contributed by atoms with van der Waals surface area (Å²) in [7, 11) is 0. The number of hydrogen-bond acceptors (Lipinski definition) is 7. The first-order valence-electron chi connectivity index (χ1n) is 10.7. The van der Waals surface area contributed by atoms with Gasteiger partial charge < -0.3 is 24.8 Å². The minimum atomic E-state index is -3.02. The zero-order valence-electron chi connectivity index (χ0n) is 17.4. The molecule has 10 heteroatoms. The average Bonchev–Trinajstić information content (AvgIpc) is 3.27. The molecule has 6 rings (SSSR count). The molecule has 32 heavy (non-hydrogen) atoms. The van der Waals surface area contributed by atoms with E-state index in [1.165, 1.54) is 0 Å². The van der Waals surface area contributed by atoms with Crippen molar-refractivity contribution in [1.82, 2.24) is 15.3 Å². The van der Waals surface area contributed by atoms with Crippen LogP contribution in [0.4, 0.5) is 14.7 Å². The van der Waals surface area contributed by atoms with E-state index >= 15 is 0 Å². The summed E-state index contributed by atoms with van der Waals surface area (Å²) in [5.74, 6) is -2.46. The predicted octanol–water partition coefficient (Wildman–Crippen LogP) is 1.49. The Hall–Kier alpha value is -2.85. The number of nitrogens with one attached hydrogen (secondary N) is 1. The van der Waals surface area contributed by atoms with E-state index in [4.69, 9.17) is 9.47 Å². The van der Waals surface area contributed by atoms with E-state index in [2.05, 4.69) is 15.3 Å². The number of aliphatic hydroxyl groups excluding tert-OH is 1. The molecule has 4 aliphatic rings. The quantitative estimate of drug-likeness (QED) is 0.724. The SMILES string of the molecule is C[C@H]1[C@H](O)CN1c1nc(-c2ccc3c(c2)OCC32COCC(=O)N2)c2c(n1)C(F)(F)CC2. The average molecular weight is 444 g/mol. The number of halogens is 2. The number of rotatable bonds is 2. The highest BCUT2D eigenvalue weighted by atomic mass is 19.3. The Morgan fingerprint density at radius 2 is 2.12 bits per heavy atom. The topological polar surface area (TPSA) is 96.8 Å². The Balaban J connectivity index is 1.44. The number of morpholine rings is 1. The summed E-state index contributed by atoms with van der Waals surface area (Å²) in [4.78, 5) is 22.5. The van der Waals surface area contributed by atoms with Crippen LogP contribution in [0.3, 0.4) is 0 Å². The number of aliphatic hydroxyl groups is 1. The summed E-state index contributed by atoms with van der Waals surface area (Å²) < 4.78 is 40.6. The highest BCUT2D eigenvalue weighted by molar-refractivity contribution is 5.80. The lowest BCUT2D eigenvalue weighted by atomic mass is 9.90. The highest BCUT2D eigenvalue weighted by Crippen LogP contribution is 2.46. The van der Waals surface area contributed by atoms with Crippen molar-refractivity contribution in [1.29, 1.82) is 0 Å². The van der Waals surface area contributed by atoms with E-state index in [1.54, 1.807) is 11.0 Å². The number of benzene rings is 1. The molecule has 1 spiro atoms. The molecule has 2 fully saturated rings. The molecule has 1 aromatic carbocycles. The fourth-order valence-electron chi connectivity index (χ4n) is 4.98. The number of aromatic nitrogens is 2. The van der Waals surface area contributed by atoms with Crippen LogP contribution in [0.1, 0.15) is 30.2 Å². The molecule has 0 radical (unpaired) electrons. The fraction of sp³-hybridized carbons (Fsp3) is 0.500. The number of amides is 1. The summed E-state index contributed by atoms with van der Waals surface area (Å²) in [6, 6.07) is 5.19. The maximum atomic E-state index is 14.6. The Kier molecular flexibility index (Phi) is 4.07. The zero-order chi connectivity index (χ0) is 22.3. The van der Waals surface area contributed by atoms with Crippen LogP contribution >= 0.6 is 0 Å². The van der Waals surface area contributed by atoms with Crippen LogP contribution in [0.5, 0.6) is 5.75 Å². The minimum absolute atomic E-state index is 0.0167. The molecule has 3 atom stereocenters. The van der Waals surface area contributed by atoms with Crippen molar-refractivity contribution < 1.29 is 28.2 Å². The third kappa shape index (κ3) is 2.75. The minimum Gasteiger partial charge on any atom is -0.490 e. The van der Waals surface area contributed by atoms with Gasteiger partial charge in [-0.1, -0.05) is 12.1 Å². The first-order chi connectivity index (χ1) is 15.3. The number of alkyl halides is 2. The van der Waals surface area contributed by atoms with Gasteiger partial charge in [0, 0.05) is 29.7 Å². The third-order valence-electron chi connectivity index (χ3n) is 6.92. The van der Waals surface area contributed by atoms with E-state index in [1.807, 2.05) is 19.1 Å². The molecule has 1 aliphatic carbocycles. The van der Waals surface area contributed by atoms with Crippen molar-refractivity contribution in [2.24, 2.45) is 0 Å². The lowest BCUT2D eigenvalue weighted by Crippen LogP contribution is -2.59. The second-order valence-corrected chi connectivity index (χ2v) is 8.99. The predicted molar refractivity (Wildman–Crippen MR) is 109 cm³/mol. The molecule has 2 N–H and O–H groups in total. The molecular formula is C22H22F2N4O4. The van der Waals surface area contributed by atoms with Crippen LogP contribution in [0.2, 0.25) is 0 Å². The second kappa shape index (κ2) is 6.58. The van der Waals surface area contributed by atoms with Gasteiger partial charge in [0.05, 0.1) is 24.4 Å². The van der Waals surface area contributed by atoms with Crippen LogP contribution in [0.15, 0.2) is 18.2 Å². The first kappa shape index (κ1) is 19.8. The standard InChI is InChI=1S/C22H22F2N4O4/c1-11-15(29)7-28(11)20-25-18(13-4-5-22(23,24)19(13)26-20)12-2-3-14-16(6-12)32-10-21(14)9-31-8-17(30)27-21/h2-3,6,11,15,29H,4-5,7-10H2,1H3,(H,27,30)/t11-,15+,21?/m0/s1. The van der Waals surface area contributed by atoms with Crippen molar-refractivity contribution in [2.75, 3.05) is 31.3 Å². The molecule has 2 aromatic rings. The number of fused-ring (bicyclic) bond motifs is 3.